The van der Waals surface area contributed by atoms with Gasteiger partial charge in [0.05, 0.1) is 17.6 Å². The molecule has 3 N–H and O–H groups in total. The number of hydrogen-bond acceptors (Lipinski definition) is 3. The molecule has 0 amide bonds. The second-order valence-corrected chi connectivity index (χ2v) is 9.10. The summed E-state index contributed by atoms with van der Waals surface area (Å²) in [4.78, 5) is 10.9. The molecule has 2 aliphatic carbocycles. The van der Waals surface area contributed by atoms with Crippen molar-refractivity contribution in [2.75, 3.05) is 0 Å². The molecule has 2 saturated carbocycles. The number of alkyl halides is 1. The van der Waals surface area contributed by atoms with Gasteiger partial charge in [-0.15, -0.1) is 11.6 Å². The van der Waals surface area contributed by atoms with Gasteiger partial charge >= 0.3 is 5.97 Å². The third kappa shape index (κ3) is 5.98. The van der Waals surface area contributed by atoms with Gasteiger partial charge in [0.25, 0.3) is 0 Å². The fraction of sp³-hybridized carbons (Fsp3) is 0.625. The van der Waals surface area contributed by atoms with Crippen LogP contribution in [0.2, 0.25) is 0 Å². The van der Waals surface area contributed by atoms with Crippen LogP contribution < -0.4 is 0 Å². The van der Waals surface area contributed by atoms with Gasteiger partial charge in [-0.25, -0.2) is 4.79 Å². The Morgan fingerprint density at radius 1 is 1.17 bits per heavy atom. The smallest absolute Gasteiger partial charge is 0.335 e. The van der Waals surface area contributed by atoms with Crippen molar-refractivity contribution in [1.29, 1.82) is 0 Å². The number of carbonyl (C=O) groups is 1. The second kappa shape index (κ2) is 10.5. The van der Waals surface area contributed by atoms with Crippen LogP contribution in [-0.2, 0) is 6.42 Å². The summed E-state index contributed by atoms with van der Waals surface area (Å²) in [5.41, 5.74) is 1.38. The summed E-state index contributed by atoms with van der Waals surface area (Å²) in [7, 11) is 0. The number of halogens is 1. The van der Waals surface area contributed by atoms with E-state index in [1.165, 1.54) is 6.42 Å². The standard InChI is InChI=1S/C24H31ClO4/c25-21-15-23(27)20(13-14-22(26)17-6-2-1-3-7-17)19(21)8-4-5-16-9-11-18(12-10-16)24(28)29/h9-12,17,19-23,26-27H,1-8,15H2,(H,28,29)/t19-,20-,21-,22-,23-/m1/s1. The Labute approximate surface area is 178 Å². The van der Waals surface area contributed by atoms with E-state index in [1.807, 2.05) is 12.1 Å². The SMILES string of the molecule is O=C(O)c1ccc(CCC[C@@H]2[C@@H](C#C[C@@H](O)C3CCCCC3)[C@H](O)C[C@H]2Cl)cc1. The Morgan fingerprint density at radius 3 is 2.52 bits per heavy atom. The lowest BCUT2D eigenvalue weighted by Crippen LogP contribution is -2.23. The second-order valence-electron chi connectivity index (χ2n) is 8.53. The van der Waals surface area contributed by atoms with Crippen LogP contribution in [0.15, 0.2) is 24.3 Å². The summed E-state index contributed by atoms with van der Waals surface area (Å²) in [6, 6.07) is 6.95. The Bertz CT molecular complexity index is 729. The molecule has 1 aromatic rings. The van der Waals surface area contributed by atoms with Crippen LogP contribution in [0.25, 0.3) is 0 Å². The molecule has 158 valence electrons. The predicted octanol–water partition coefficient (Wildman–Crippen LogP) is 4.26. The minimum Gasteiger partial charge on any atom is -0.478 e. The van der Waals surface area contributed by atoms with Crippen molar-refractivity contribution in [2.24, 2.45) is 17.8 Å². The van der Waals surface area contributed by atoms with Gasteiger partial charge in [0.15, 0.2) is 0 Å². The Balaban J connectivity index is 1.55. The molecule has 0 saturated heterocycles. The van der Waals surface area contributed by atoms with Gasteiger partial charge < -0.3 is 15.3 Å². The van der Waals surface area contributed by atoms with Crippen molar-refractivity contribution in [3.05, 3.63) is 35.4 Å². The Hall–Kier alpha value is -1.54. The third-order valence-electron chi connectivity index (χ3n) is 6.51. The molecule has 0 radical (unpaired) electrons. The molecule has 2 aliphatic rings. The van der Waals surface area contributed by atoms with Crippen LogP contribution >= 0.6 is 11.6 Å². The lowest BCUT2D eigenvalue weighted by Gasteiger charge is -2.24. The van der Waals surface area contributed by atoms with Crippen molar-refractivity contribution >= 4 is 17.6 Å². The number of carboxylic acid groups (broad SMARTS) is 1. The van der Waals surface area contributed by atoms with Gasteiger partial charge in [-0.05, 0) is 68.1 Å². The van der Waals surface area contributed by atoms with Crippen LogP contribution in [-0.4, -0.2) is 38.9 Å². The van der Waals surface area contributed by atoms with E-state index in [4.69, 9.17) is 16.7 Å². The molecular weight excluding hydrogens is 388 g/mol. The molecule has 5 heteroatoms. The fourth-order valence-corrected chi connectivity index (χ4v) is 5.20. The molecule has 2 fully saturated rings. The van der Waals surface area contributed by atoms with Crippen LogP contribution in [0.3, 0.4) is 0 Å². The molecule has 1 aromatic carbocycles. The number of carboxylic acids is 1. The summed E-state index contributed by atoms with van der Waals surface area (Å²) < 4.78 is 0. The third-order valence-corrected chi connectivity index (χ3v) is 7.01. The number of benzene rings is 1. The largest absolute Gasteiger partial charge is 0.478 e. The van der Waals surface area contributed by atoms with Gasteiger partial charge in [-0.3, -0.25) is 0 Å². The highest BCUT2D eigenvalue weighted by Gasteiger charge is 2.40. The van der Waals surface area contributed by atoms with E-state index in [9.17, 15) is 15.0 Å². The Morgan fingerprint density at radius 2 is 1.86 bits per heavy atom. The molecule has 29 heavy (non-hydrogen) atoms. The first-order chi connectivity index (χ1) is 14.0. The van der Waals surface area contributed by atoms with Crippen LogP contribution in [0.1, 0.15) is 67.3 Å². The zero-order chi connectivity index (χ0) is 20.8. The quantitative estimate of drug-likeness (QED) is 0.476. The van der Waals surface area contributed by atoms with Crippen molar-refractivity contribution in [3.63, 3.8) is 0 Å². The van der Waals surface area contributed by atoms with Crippen LogP contribution in [0.4, 0.5) is 0 Å². The predicted molar refractivity (Wildman–Crippen MR) is 114 cm³/mol. The monoisotopic (exact) mass is 418 g/mol. The molecular formula is C24H31ClO4. The number of aromatic carboxylic acids is 1. The number of aliphatic hydroxyl groups is 2. The van der Waals surface area contributed by atoms with Gasteiger partial charge in [-0.2, -0.15) is 0 Å². The summed E-state index contributed by atoms with van der Waals surface area (Å²) in [6.07, 6.45) is 7.61. The van der Waals surface area contributed by atoms with Crippen LogP contribution in [0, 0.1) is 29.6 Å². The lowest BCUT2D eigenvalue weighted by molar-refractivity contribution is 0.0697. The van der Waals surface area contributed by atoms with E-state index < -0.39 is 18.2 Å². The average molecular weight is 419 g/mol. The van der Waals surface area contributed by atoms with Crippen LogP contribution in [0.5, 0.6) is 0 Å². The molecule has 0 unspecified atom stereocenters. The van der Waals surface area contributed by atoms with Gasteiger partial charge in [0, 0.05) is 5.38 Å². The first-order valence-electron chi connectivity index (χ1n) is 10.8. The molecule has 0 spiro atoms. The Kier molecular flexibility index (Phi) is 8.00. The number of aliphatic hydroxyl groups excluding tert-OH is 2. The molecule has 3 rings (SSSR count). The summed E-state index contributed by atoms with van der Waals surface area (Å²) in [6.45, 7) is 0. The minimum atomic E-state index is -0.918. The van der Waals surface area contributed by atoms with Crippen molar-refractivity contribution in [1.82, 2.24) is 0 Å². The molecule has 0 heterocycles. The summed E-state index contributed by atoms with van der Waals surface area (Å²) >= 11 is 6.51. The van der Waals surface area contributed by atoms with E-state index in [0.717, 1.165) is 50.5 Å². The summed E-state index contributed by atoms with van der Waals surface area (Å²) in [5, 5.41) is 29.7. The molecule has 5 atom stereocenters. The first-order valence-corrected chi connectivity index (χ1v) is 11.2. The number of rotatable bonds is 6. The molecule has 0 bridgehead atoms. The van der Waals surface area contributed by atoms with E-state index >= 15 is 0 Å². The van der Waals surface area contributed by atoms with E-state index in [-0.39, 0.29) is 23.1 Å². The minimum absolute atomic E-state index is 0.106. The molecule has 0 aromatic heterocycles. The maximum atomic E-state index is 10.9. The van der Waals surface area contributed by atoms with E-state index in [1.54, 1.807) is 12.1 Å². The number of hydrogen-bond donors (Lipinski definition) is 3. The van der Waals surface area contributed by atoms with Gasteiger partial charge in [-0.1, -0.05) is 43.2 Å². The van der Waals surface area contributed by atoms with Crippen molar-refractivity contribution in [2.45, 2.75) is 75.4 Å². The van der Waals surface area contributed by atoms with Crippen molar-refractivity contribution in [3.8, 4) is 11.8 Å². The van der Waals surface area contributed by atoms with Gasteiger partial charge in [0.1, 0.15) is 6.10 Å². The highest BCUT2D eigenvalue weighted by molar-refractivity contribution is 6.21. The van der Waals surface area contributed by atoms with E-state index in [2.05, 4.69) is 11.8 Å². The maximum Gasteiger partial charge on any atom is 0.335 e. The van der Waals surface area contributed by atoms with Crippen molar-refractivity contribution < 1.29 is 20.1 Å². The topological polar surface area (TPSA) is 77.8 Å². The number of aryl methyl sites for hydroxylation is 1. The zero-order valence-electron chi connectivity index (χ0n) is 16.8. The first kappa shape index (κ1) is 22.2. The normalized spacial score (nSPS) is 28.5. The molecule has 4 nitrogen and oxygen atoms in total. The maximum absolute atomic E-state index is 10.9. The summed E-state index contributed by atoms with van der Waals surface area (Å²) in [5.74, 6) is 5.47. The zero-order valence-corrected chi connectivity index (χ0v) is 17.5. The van der Waals surface area contributed by atoms with E-state index in [0.29, 0.717) is 12.0 Å². The lowest BCUT2D eigenvalue weighted by atomic mass is 9.84. The van der Waals surface area contributed by atoms with Gasteiger partial charge in [0.2, 0.25) is 0 Å². The molecule has 0 aliphatic heterocycles. The highest BCUT2D eigenvalue weighted by atomic mass is 35.5. The highest BCUT2D eigenvalue weighted by Crippen LogP contribution is 2.39. The average Bonchev–Trinajstić information content (AvgIpc) is 2.99. The fourth-order valence-electron chi connectivity index (χ4n) is 4.73.